The number of hydrogen-bond donors (Lipinski definition) is 0. The summed E-state index contributed by atoms with van der Waals surface area (Å²) in [5.74, 6) is 0. The first kappa shape index (κ1) is 40.6. The highest BCUT2D eigenvalue weighted by molar-refractivity contribution is 6.27. The lowest BCUT2D eigenvalue weighted by Gasteiger charge is -2.28. The maximum Gasteiger partial charge on any atom is 0.0620 e. The zero-order chi connectivity index (χ0) is 46.8. The van der Waals surface area contributed by atoms with Crippen molar-refractivity contribution in [2.45, 2.75) is 0 Å². The molecule has 0 saturated heterocycles. The Balaban J connectivity index is 1.00. The molecule has 0 radical (unpaired) electrons. The van der Waals surface area contributed by atoms with Crippen LogP contribution in [-0.4, -0.2) is 4.40 Å². The van der Waals surface area contributed by atoms with Crippen molar-refractivity contribution in [1.29, 1.82) is 0 Å². The van der Waals surface area contributed by atoms with E-state index in [4.69, 9.17) is 0 Å². The van der Waals surface area contributed by atoms with E-state index in [0.717, 1.165) is 34.1 Å². The van der Waals surface area contributed by atoms with Crippen molar-refractivity contribution >= 4 is 93.8 Å². The maximum absolute atomic E-state index is 2.54. The first-order valence-corrected chi connectivity index (χ1v) is 24.4. The predicted molar refractivity (Wildman–Crippen MR) is 302 cm³/mol. The highest BCUT2D eigenvalue weighted by Gasteiger charge is 2.23. The van der Waals surface area contributed by atoms with Gasteiger partial charge in [-0.1, -0.05) is 176 Å². The summed E-state index contributed by atoms with van der Waals surface area (Å²) in [7, 11) is 0. The van der Waals surface area contributed by atoms with E-state index >= 15 is 0 Å². The van der Waals surface area contributed by atoms with Crippen molar-refractivity contribution in [1.82, 2.24) is 4.40 Å². The van der Waals surface area contributed by atoms with Gasteiger partial charge in [-0.05, 0) is 141 Å². The Morgan fingerprint density at radius 1 is 0.239 bits per heavy atom. The van der Waals surface area contributed by atoms with Gasteiger partial charge in [-0.2, -0.15) is 0 Å². The lowest BCUT2D eigenvalue weighted by Crippen LogP contribution is -2.11. The Hall–Kier alpha value is -9.44. The fraction of sp³-hybridized carbons (Fsp3) is 0. The molecule has 0 aliphatic carbocycles. The second-order valence-electron chi connectivity index (χ2n) is 18.5. The van der Waals surface area contributed by atoms with Crippen LogP contribution in [0.25, 0.3) is 93.0 Å². The molecule has 0 amide bonds. The number of fused-ring (bicyclic) bond motifs is 8. The molecule has 3 nitrogen and oxygen atoms in total. The van der Waals surface area contributed by atoms with Crippen LogP contribution in [0.5, 0.6) is 0 Å². The third-order valence-electron chi connectivity index (χ3n) is 14.4. The van der Waals surface area contributed by atoms with Crippen LogP contribution in [0.15, 0.2) is 273 Å². The molecule has 0 atom stereocenters. The minimum absolute atomic E-state index is 1.10. The lowest BCUT2D eigenvalue weighted by atomic mass is 9.97. The molecular formula is C68H45N3. The van der Waals surface area contributed by atoms with Crippen molar-refractivity contribution in [2.24, 2.45) is 0 Å². The second kappa shape index (κ2) is 16.7. The fourth-order valence-corrected chi connectivity index (χ4v) is 11.1. The van der Waals surface area contributed by atoms with Gasteiger partial charge in [0.1, 0.15) is 0 Å². The zero-order valence-electron chi connectivity index (χ0n) is 38.8. The zero-order valence-corrected chi connectivity index (χ0v) is 38.8. The van der Waals surface area contributed by atoms with E-state index in [1.807, 2.05) is 0 Å². The summed E-state index contributed by atoms with van der Waals surface area (Å²) in [6.45, 7) is 0. The lowest BCUT2D eigenvalue weighted by molar-refractivity contribution is 1.29. The van der Waals surface area contributed by atoms with Gasteiger partial charge in [0.2, 0.25) is 0 Å². The van der Waals surface area contributed by atoms with Crippen LogP contribution in [0, 0.1) is 0 Å². The van der Waals surface area contributed by atoms with Crippen molar-refractivity contribution in [3.8, 4) is 33.4 Å². The maximum atomic E-state index is 2.54. The molecule has 0 saturated carbocycles. The molecule has 332 valence electrons. The van der Waals surface area contributed by atoms with Crippen molar-refractivity contribution in [3.63, 3.8) is 0 Å². The molecule has 0 spiro atoms. The highest BCUT2D eigenvalue weighted by atomic mass is 15.1. The Kier molecular flexibility index (Phi) is 9.53. The molecule has 3 heteroatoms. The van der Waals surface area contributed by atoms with E-state index in [1.165, 1.54) is 93.0 Å². The minimum Gasteiger partial charge on any atom is -0.310 e. The molecule has 0 unspecified atom stereocenters. The van der Waals surface area contributed by atoms with Crippen molar-refractivity contribution in [2.75, 3.05) is 9.80 Å². The number of nitrogens with zero attached hydrogens (tertiary/aromatic N) is 3. The topological polar surface area (TPSA) is 10.9 Å². The van der Waals surface area contributed by atoms with E-state index in [1.54, 1.807) is 0 Å². The molecule has 71 heavy (non-hydrogen) atoms. The Morgan fingerprint density at radius 2 is 0.620 bits per heavy atom. The quantitative estimate of drug-likeness (QED) is 0.143. The van der Waals surface area contributed by atoms with E-state index in [2.05, 4.69) is 287 Å². The standard InChI is InChI=1S/C68H45N3/c1-6-20-46(21-7-1)53-42-62-60-40-49-34-36-56(69(54-26-12-4-13-27-54)64-32-18-16-30-58(64)47-22-8-2-9-23-47)38-51(49)44-66(60)71-67-45-52-39-57(37-35-50(52)41-61(67)63(43-53)68(62)71)70(55-28-14-5-15-29-55)65-33-19-17-31-59(65)48-24-10-3-11-25-48/h1-45H. The largest absolute Gasteiger partial charge is 0.310 e. The van der Waals surface area contributed by atoms with Crippen LogP contribution < -0.4 is 9.80 Å². The van der Waals surface area contributed by atoms with Gasteiger partial charge in [-0.25, -0.2) is 0 Å². The van der Waals surface area contributed by atoms with E-state index in [9.17, 15) is 0 Å². The number of hydrogen-bond acceptors (Lipinski definition) is 2. The molecule has 2 heterocycles. The monoisotopic (exact) mass is 903 g/mol. The first-order valence-electron chi connectivity index (χ1n) is 24.4. The van der Waals surface area contributed by atoms with Gasteiger partial charge in [-0.15, -0.1) is 0 Å². The summed E-state index contributed by atoms with van der Waals surface area (Å²) in [5, 5.41) is 9.81. The van der Waals surface area contributed by atoms with Crippen LogP contribution in [0.3, 0.4) is 0 Å². The average molecular weight is 904 g/mol. The van der Waals surface area contributed by atoms with Gasteiger partial charge in [0.05, 0.1) is 27.9 Å². The van der Waals surface area contributed by atoms with Crippen LogP contribution >= 0.6 is 0 Å². The third-order valence-corrected chi connectivity index (χ3v) is 14.4. The van der Waals surface area contributed by atoms with Gasteiger partial charge in [0, 0.05) is 55.4 Å². The summed E-state index contributed by atoms with van der Waals surface area (Å²) in [4.78, 5) is 4.81. The smallest absolute Gasteiger partial charge is 0.0620 e. The summed E-state index contributed by atoms with van der Waals surface area (Å²) >= 11 is 0. The number of aromatic nitrogens is 1. The van der Waals surface area contributed by atoms with Crippen molar-refractivity contribution < 1.29 is 0 Å². The van der Waals surface area contributed by atoms with Crippen LogP contribution in [0.1, 0.15) is 0 Å². The Bertz CT molecular complexity index is 4010. The van der Waals surface area contributed by atoms with Crippen molar-refractivity contribution in [3.05, 3.63) is 273 Å². The van der Waals surface area contributed by atoms with E-state index in [0.29, 0.717) is 0 Å². The van der Waals surface area contributed by atoms with Crippen LogP contribution in [0.4, 0.5) is 34.1 Å². The van der Waals surface area contributed by atoms with Crippen LogP contribution in [-0.2, 0) is 0 Å². The number of rotatable bonds is 9. The molecule has 0 N–H and O–H groups in total. The molecule has 14 rings (SSSR count). The summed E-state index contributed by atoms with van der Waals surface area (Å²) < 4.78 is 2.54. The summed E-state index contributed by atoms with van der Waals surface area (Å²) in [6.07, 6.45) is 0. The van der Waals surface area contributed by atoms with Gasteiger partial charge in [0.15, 0.2) is 0 Å². The molecule has 2 aromatic heterocycles. The SMILES string of the molecule is c1ccc(-c2cc3c4cc5ccc(N(c6ccccc6)c6ccccc6-c6ccccc6)cc5cc4n4c5cc6cc(N(c7ccccc7)c7ccccc7-c7ccccc7)ccc6cc5c(c2)c34)cc1. The van der Waals surface area contributed by atoms with Gasteiger partial charge in [0.25, 0.3) is 0 Å². The molecule has 0 aliphatic heterocycles. The van der Waals surface area contributed by atoms with Gasteiger partial charge >= 0.3 is 0 Å². The Morgan fingerprint density at radius 3 is 1.06 bits per heavy atom. The van der Waals surface area contributed by atoms with Crippen LogP contribution in [0.2, 0.25) is 0 Å². The second-order valence-corrected chi connectivity index (χ2v) is 18.5. The minimum atomic E-state index is 1.10. The molecular weight excluding hydrogens is 859 g/mol. The molecule has 0 bridgehead atoms. The van der Waals surface area contributed by atoms with E-state index < -0.39 is 0 Å². The highest BCUT2D eigenvalue weighted by Crippen LogP contribution is 2.47. The van der Waals surface area contributed by atoms with Gasteiger partial charge in [-0.3, -0.25) is 0 Å². The number of anilines is 6. The predicted octanol–water partition coefficient (Wildman–Crippen LogP) is 19.1. The summed E-state index contributed by atoms with van der Waals surface area (Å²) in [5.41, 5.74) is 17.5. The molecule has 14 aromatic rings. The first-order chi connectivity index (χ1) is 35.2. The number of benzene rings is 12. The molecule has 0 fully saturated rings. The average Bonchev–Trinajstić information content (AvgIpc) is 3.94. The van der Waals surface area contributed by atoms with Gasteiger partial charge < -0.3 is 14.2 Å². The molecule has 12 aromatic carbocycles. The summed E-state index contributed by atoms with van der Waals surface area (Å²) in [6, 6.07) is 99.7. The van der Waals surface area contributed by atoms with E-state index in [-0.39, 0.29) is 0 Å². The number of para-hydroxylation sites is 4. The molecule has 0 aliphatic rings. The normalized spacial score (nSPS) is 11.7. The third kappa shape index (κ3) is 6.82. The fourth-order valence-electron chi connectivity index (χ4n) is 11.1. The Labute approximate surface area is 412 Å².